The summed E-state index contributed by atoms with van der Waals surface area (Å²) in [5.74, 6) is -1.76. The predicted octanol–water partition coefficient (Wildman–Crippen LogP) is 6.54. The number of allylic oxidation sites excluding steroid dienone is 1. The number of para-hydroxylation sites is 1. The van der Waals surface area contributed by atoms with Gasteiger partial charge in [-0.1, -0.05) is 81.4 Å². The molecule has 0 aliphatic carbocycles. The van der Waals surface area contributed by atoms with Gasteiger partial charge in [0.25, 0.3) is 11.8 Å². The van der Waals surface area contributed by atoms with E-state index < -0.39 is 56.9 Å². The maximum Gasteiger partial charge on any atom is 0.408 e. The van der Waals surface area contributed by atoms with Crippen LogP contribution in [0.25, 0.3) is 17.5 Å². The first-order valence-corrected chi connectivity index (χ1v) is 19.7. The Kier molecular flexibility index (Phi) is 12.6. The molecule has 0 fully saturated rings. The number of fused-ring (bicyclic) bond motifs is 10. The molecule has 2 aliphatic rings. The van der Waals surface area contributed by atoms with Crippen LogP contribution >= 0.6 is 0 Å². The van der Waals surface area contributed by atoms with E-state index in [-0.39, 0.29) is 29.3 Å². The van der Waals surface area contributed by atoms with E-state index in [2.05, 4.69) is 30.6 Å². The molecule has 6 rings (SSSR count). The minimum atomic E-state index is -4.08. The number of aromatic nitrogens is 2. The van der Waals surface area contributed by atoms with E-state index in [0.717, 1.165) is 5.56 Å². The monoisotopic (exact) mass is 782 g/mol. The molecule has 4 aromatic rings. The SMILES string of the molecule is CC(C)(C)OC(=O)N[C@H](C(=O)N[C@@H]1C(=O)Nc2ccccc2C(=O)NS(=O)(=O)CCC/C=C/c2cc(nc(-c3ccccc3)n2)Oc2ccc1cc2)C(C)(C)C. The summed E-state index contributed by atoms with van der Waals surface area (Å²) >= 11 is 0. The molecule has 2 aliphatic heterocycles. The average molecular weight is 783 g/mol. The van der Waals surface area contributed by atoms with Crippen LogP contribution in [-0.4, -0.2) is 59.6 Å². The number of hydrogen-bond acceptors (Lipinski definition) is 10. The van der Waals surface area contributed by atoms with Crippen molar-refractivity contribution in [3.8, 4) is 23.0 Å². The number of rotatable bonds is 4. The number of sulfonamides is 1. The van der Waals surface area contributed by atoms with Gasteiger partial charge >= 0.3 is 6.09 Å². The number of carbonyl (C=O) groups is 4. The summed E-state index contributed by atoms with van der Waals surface area (Å²) in [7, 11) is -4.08. The maximum atomic E-state index is 14.2. The number of amides is 4. The van der Waals surface area contributed by atoms with Crippen molar-refractivity contribution in [2.45, 2.75) is 72.1 Å². The Morgan fingerprint density at radius 1 is 0.911 bits per heavy atom. The van der Waals surface area contributed by atoms with Gasteiger partial charge in [-0.05, 0) is 74.9 Å². The van der Waals surface area contributed by atoms with Crippen molar-refractivity contribution in [2.24, 2.45) is 5.41 Å². The van der Waals surface area contributed by atoms with Crippen LogP contribution in [0.1, 0.15) is 82.0 Å². The number of ether oxygens (including phenoxy) is 2. The fourth-order valence-corrected chi connectivity index (χ4v) is 6.65. The van der Waals surface area contributed by atoms with Crippen LogP contribution in [0.5, 0.6) is 11.6 Å². The van der Waals surface area contributed by atoms with Crippen molar-refractivity contribution in [1.82, 2.24) is 25.3 Å². The van der Waals surface area contributed by atoms with Crippen LogP contribution in [0.3, 0.4) is 0 Å². The van der Waals surface area contributed by atoms with Gasteiger partial charge in [0.15, 0.2) is 5.82 Å². The summed E-state index contributed by atoms with van der Waals surface area (Å²) in [5.41, 5.74) is -0.203. The van der Waals surface area contributed by atoms with E-state index in [1.165, 1.54) is 18.2 Å². The highest BCUT2D eigenvalue weighted by Crippen LogP contribution is 2.28. The predicted molar refractivity (Wildman–Crippen MR) is 212 cm³/mol. The number of nitrogens with one attached hydrogen (secondary N) is 4. The van der Waals surface area contributed by atoms with Crippen molar-refractivity contribution in [2.75, 3.05) is 11.1 Å². The first-order chi connectivity index (χ1) is 26.4. The first kappa shape index (κ1) is 41.1. The lowest BCUT2D eigenvalue weighted by Gasteiger charge is -2.32. The highest BCUT2D eigenvalue weighted by Gasteiger charge is 2.37. The van der Waals surface area contributed by atoms with Gasteiger partial charge in [-0.25, -0.2) is 22.9 Å². The van der Waals surface area contributed by atoms with Crippen molar-refractivity contribution < 1.29 is 37.1 Å². The minimum Gasteiger partial charge on any atom is -0.444 e. The van der Waals surface area contributed by atoms with Gasteiger partial charge < -0.3 is 25.4 Å². The molecule has 0 unspecified atom stereocenters. The molecule has 294 valence electrons. The number of alkyl carbamates (subject to hydrolysis) is 1. The molecule has 15 heteroatoms. The van der Waals surface area contributed by atoms with Crippen LogP contribution in [0.2, 0.25) is 0 Å². The molecule has 2 atom stereocenters. The fraction of sp³-hybridized carbons (Fsp3) is 0.317. The zero-order chi connectivity index (χ0) is 40.7. The van der Waals surface area contributed by atoms with Gasteiger partial charge in [-0.2, -0.15) is 4.98 Å². The number of nitrogens with zero attached hydrogens (tertiary/aromatic N) is 2. The molecule has 56 heavy (non-hydrogen) atoms. The summed E-state index contributed by atoms with van der Waals surface area (Å²) in [6, 6.07) is 20.7. The Morgan fingerprint density at radius 3 is 2.27 bits per heavy atom. The zero-order valence-electron chi connectivity index (χ0n) is 32.1. The largest absolute Gasteiger partial charge is 0.444 e. The second kappa shape index (κ2) is 17.1. The van der Waals surface area contributed by atoms with Crippen molar-refractivity contribution in [3.05, 3.63) is 108 Å². The second-order valence-corrected chi connectivity index (χ2v) is 17.1. The summed E-state index contributed by atoms with van der Waals surface area (Å²) in [4.78, 5) is 63.6. The standard InChI is InChI=1S/C41H46N6O8S/c1-40(2,3)34(46-39(51)55-41(4,5)6)38(50)45-33-26-20-22-29(23-21-26)54-32-25-28(42-35(44-32)27-15-9-7-10-16-27)17-11-8-14-24-56(52,53)47-36(48)30-18-12-13-19-31(30)43-37(33)49/h7,9-13,15-23,25,33-34H,8,14,24H2,1-6H3,(H,43,49)(H,45,50)(H,46,51)(H,47,48)/b17-11+/t33-,34+/m0/s1. The van der Waals surface area contributed by atoms with Gasteiger partial charge in [0.05, 0.1) is 22.7 Å². The quantitative estimate of drug-likeness (QED) is 0.177. The van der Waals surface area contributed by atoms with Crippen LogP contribution in [0, 0.1) is 5.41 Å². The summed E-state index contributed by atoms with van der Waals surface area (Å²) < 4.78 is 39.6. The number of anilines is 1. The van der Waals surface area contributed by atoms with E-state index in [9.17, 15) is 27.6 Å². The third-order valence-electron chi connectivity index (χ3n) is 8.28. The molecule has 0 spiro atoms. The lowest BCUT2D eigenvalue weighted by molar-refractivity contribution is -0.129. The molecule has 4 amide bonds. The first-order valence-electron chi connectivity index (χ1n) is 18.0. The molecule has 4 bridgehead atoms. The molecule has 3 heterocycles. The molecule has 0 radical (unpaired) electrons. The third kappa shape index (κ3) is 11.5. The highest BCUT2D eigenvalue weighted by molar-refractivity contribution is 7.90. The second-order valence-electron chi connectivity index (χ2n) is 15.2. The van der Waals surface area contributed by atoms with Gasteiger partial charge in [0.2, 0.25) is 21.8 Å². The molecule has 0 saturated carbocycles. The lowest BCUT2D eigenvalue weighted by Crippen LogP contribution is -2.55. The van der Waals surface area contributed by atoms with E-state index >= 15 is 0 Å². The molecular formula is C41H46N6O8S. The summed E-state index contributed by atoms with van der Waals surface area (Å²) in [5, 5.41) is 8.08. The van der Waals surface area contributed by atoms with Crippen LogP contribution in [-0.2, 0) is 24.3 Å². The van der Waals surface area contributed by atoms with Gasteiger partial charge in [0, 0.05) is 11.6 Å². The molecular weight excluding hydrogens is 737 g/mol. The zero-order valence-corrected chi connectivity index (χ0v) is 32.9. The summed E-state index contributed by atoms with van der Waals surface area (Å²) in [6.07, 6.45) is 3.26. The van der Waals surface area contributed by atoms with Crippen molar-refractivity contribution >= 4 is 45.6 Å². The van der Waals surface area contributed by atoms with E-state index in [1.54, 1.807) is 90.1 Å². The lowest BCUT2D eigenvalue weighted by atomic mass is 9.86. The molecule has 0 saturated heterocycles. The van der Waals surface area contributed by atoms with E-state index in [0.29, 0.717) is 29.3 Å². The number of hydrogen-bond donors (Lipinski definition) is 4. The molecule has 3 aromatic carbocycles. The Bertz CT molecular complexity index is 2210. The van der Waals surface area contributed by atoms with Gasteiger partial charge in [-0.15, -0.1) is 0 Å². The Morgan fingerprint density at radius 2 is 1.59 bits per heavy atom. The summed E-state index contributed by atoms with van der Waals surface area (Å²) in [6.45, 7) is 10.3. The average Bonchev–Trinajstić information content (AvgIpc) is 3.11. The van der Waals surface area contributed by atoms with Crippen LogP contribution in [0.15, 0.2) is 91.0 Å². The Hall–Kier alpha value is -6.09. The normalized spacial score (nSPS) is 17.4. The third-order valence-corrected chi connectivity index (χ3v) is 9.60. The van der Waals surface area contributed by atoms with Crippen molar-refractivity contribution in [3.63, 3.8) is 0 Å². The number of benzene rings is 3. The Labute approximate surface area is 326 Å². The van der Waals surface area contributed by atoms with Gasteiger partial charge in [0.1, 0.15) is 23.4 Å². The van der Waals surface area contributed by atoms with Gasteiger partial charge in [-0.3, -0.25) is 14.4 Å². The van der Waals surface area contributed by atoms with E-state index in [1.807, 2.05) is 30.3 Å². The Balaban J connectivity index is 1.55. The van der Waals surface area contributed by atoms with E-state index in [4.69, 9.17) is 9.47 Å². The molecule has 1 aromatic heterocycles. The van der Waals surface area contributed by atoms with Crippen molar-refractivity contribution in [1.29, 1.82) is 0 Å². The maximum absolute atomic E-state index is 14.2. The molecule has 4 N–H and O–H groups in total. The highest BCUT2D eigenvalue weighted by atomic mass is 32.2. The molecule has 14 nitrogen and oxygen atoms in total. The minimum absolute atomic E-state index is 0.00421. The van der Waals surface area contributed by atoms with Crippen LogP contribution in [0.4, 0.5) is 10.5 Å². The topological polar surface area (TPSA) is 195 Å². The van der Waals surface area contributed by atoms with Crippen LogP contribution < -0.4 is 25.4 Å². The smallest absolute Gasteiger partial charge is 0.408 e. The number of carbonyl (C=O) groups excluding carboxylic acids is 4. The fourth-order valence-electron chi connectivity index (χ4n) is 5.61.